The monoisotopic (exact) mass is 536 g/mol. The Labute approximate surface area is 233 Å². The Kier molecular flexibility index (Phi) is 7.43. The summed E-state index contributed by atoms with van der Waals surface area (Å²) in [6, 6.07) is 25.6. The van der Waals surface area contributed by atoms with Gasteiger partial charge in [-0.15, -0.1) is 0 Å². The van der Waals surface area contributed by atoms with E-state index in [1.165, 1.54) is 37.9 Å². The van der Waals surface area contributed by atoms with Crippen molar-refractivity contribution in [1.82, 2.24) is 0 Å². The van der Waals surface area contributed by atoms with Gasteiger partial charge in [-0.2, -0.15) is 0 Å². The summed E-state index contributed by atoms with van der Waals surface area (Å²) >= 11 is 0. The summed E-state index contributed by atoms with van der Waals surface area (Å²) in [5, 5.41) is 17.9. The fraction of sp³-hybridized carbons (Fsp3) is 0.343. The molecule has 0 aliphatic heterocycles. The third-order valence-electron chi connectivity index (χ3n) is 8.82. The maximum Gasteiger partial charge on any atom is 0.339 e. The number of carboxylic acid groups (broad SMARTS) is 1. The topological polar surface area (TPSA) is 46.5 Å². The highest BCUT2D eigenvalue weighted by Gasteiger charge is 2.47. The van der Waals surface area contributed by atoms with E-state index in [0.29, 0.717) is 22.4 Å². The van der Waals surface area contributed by atoms with E-state index >= 15 is 0 Å². The van der Waals surface area contributed by atoms with Gasteiger partial charge in [-0.3, -0.25) is 0 Å². The molecule has 0 bridgehead atoms. The van der Waals surface area contributed by atoms with E-state index in [1.807, 2.05) is 6.07 Å². The highest BCUT2D eigenvalue weighted by Crippen LogP contribution is 2.44. The van der Waals surface area contributed by atoms with E-state index in [1.54, 1.807) is 6.07 Å². The number of aryl methyl sites for hydroxylation is 2. The molecule has 5 aromatic rings. The third-order valence-corrected chi connectivity index (χ3v) is 14.8. The molecule has 0 fully saturated rings. The van der Waals surface area contributed by atoms with E-state index in [9.17, 15) is 9.90 Å². The van der Waals surface area contributed by atoms with E-state index in [2.05, 4.69) is 102 Å². The van der Waals surface area contributed by atoms with Crippen LogP contribution in [-0.2, 0) is 12.8 Å². The number of hydrogen-bond acceptors (Lipinski definition) is 2. The highest BCUT2D eigenvalue weighted by molar-refractivity contribution is 6.78. The van der Waals surface area contributed by atoms with Crippen molar-refractivity contribution in [2.24, 2.45) is 0 Å². The van der Waals surface area contributed by atoms with Crippen molar-refractivity contribution in [2.75, 3.05) is 0 Å². The summed E-state index contributed by atoms with van der Waals surface area (Å²) in [7, 11) is -2.32. The Bertz CT molecular complexity index is 1590. The van der Waals surface area contributed by atoms with Gasteiger partial charge in [-0.1, -0.05) is 108 Å². The molecule has 39 heavy (non-hydrogen) atoms. The van der Waals surface area contributed by atoms with Gasteiger partial charge in [0.1, 0.15) is 11.3 Å². The predicted octanol–water partition coefficient (Wildman–Crippen LogP) is 10.0. The molecule has 4 heteroatoms. The van der Waals surface area contributed by atoms with Crippen LogP contribution in [0, 0.1) is 0 Å². The van der Waals surface area contributed by atoms with Crippen molar-refractivity contribution >= 4 is 46.6 Å². The van der Waals surface area contributed by atoms with Crippen LogP contribution in [0.4, 0.5) is 0 Å². The maximum absolute atomic E-state index is 12.3. The molecular formula is C35H40O3Si. The van der Waals surface area contributed by atoms with Crippen molar-refractivity contribution in [3.05, 3.63) is 89.5 Å². The van der Waals surface area contributed by atoms with Crippen molar-refractivity contribution in [3.8, 4) is 5.75 Å². The van der Waals surface area contributed by atoms with E-state index in [0.717, 1.165) is 24.8 Å². The summed E-state index contributed by atoms with van der Waals surface area (Å²) in [5.74, 6) is -0.319. The van der Waals surface area contributed by atoms with Crippen LogP contribution in [0.3, 0.4) is 0 Å². The minimum Gasteiger partial charge on any atom is -0.542 e. The molecule has 0 aliphatic carbocycles. The molecule has 202 valence electrons. The first-order valence-corrected chi connectivity index (χ1v) is 16.5. The lowest BCUT2D eigenvalue weighted by molar-refractivity contribution is 0.0694. The van der Waals surface area contributed by atoms with Crippen LogP contribution < -0.4 is 4.43 Å². The van der Waals surface area contributed by atoms with Crippen LogP contribution in [-0.4, -0.2) is 19.4 Å². The fourth-order valence-corrected chi connectivity index (χ4v) is 12.4. The predicted molar refractivity (Wildman–Crippen MR) is 167 cm³/mol. The molecule has 3 nitrogen and oxygen atoms in total. The number of aromatic carboxylic acids is 1. The largest absolute Gasteiger partial charge is 0.542 e. The quantitative estimate of drug-likeness (QED) is 0.143. The average Bonchev–Trinajstić information content (AvgIpc) is 2.90. The van der Waals surface area contributed by atoms with Gasteiger partial charge < -0.3 is 9.53 Å². The minimum absolute atomic E-state index is 0.286. The molecule has 0 spiro atoms. The standard InChI is InChI=1S/C35H40O3Si/c1-22(2)39(23(3)4,24(5)6)38-34-29(14-9-15-31(34)35(36)37)13-7-10-25-16-17-28-19-18-26-11-8-12-27-20-21-30(25)33(28)32(26)27/h8-9,11-12,14-24H,7,10,13H2,1-6H3,(H,36,37). The van der Waals surface area contributed by atoms with Crippen LogP contribution in [0.2, 0.25) is 16.6 Å². The molecule has 5 aromatic carbocycles. The van der Waals surface area contributed by atoms with Crippen molar-refractivity contribution in [1.29, 1.82) is 0 Å². The Morgan fingerprint density at radius 2 is 1.23 bits per heavy atom. The lowest BCUT2D eigenvalue weighted by Crippen LogP contribution is -2.51. The van der Waals surface area contributed by atoms with Gasteiger partial charge >= 0.3 is 5.97 Å². The van der Waals surface area contributed by atoms with Crippen LogP contribution in [0.1, 0.15) is 69.4 Å². The number of hydrogen-bond donors (Lipinski definition) is 1. The molecule has 0 saturated carbocycles. The second kappa shape index (κ2) is 10.7. The first kappa shape index (κ1) is 27.2. The SMILES string of the molecule is CC(C)[Si](Oc1c(CCCc2ccc3ccc4cccc5ccc2c3c45)cccc1C(=O)O)(C(C)C)C(C)C. The van der Waals surface area contributed by atoms with Crippen LogP contribution in [0.25, 0.3) is 32.3 Å². The average molecular weight is 537 g/mol. The number of rotatable bonds is 10. The molecule has 0 amide bonds. The van der Waals surface area contributed by atoms with Crippen molar-refractivity contribution in [2.45, 2.75) is 77.4 Å². The van der Waals surface area contributed by atoms with Gasteiger partial charge in [0.05, 0.1) is 0 Å². The first-order chi connectivity index (χ1) is 18.6. The Morgan fingerprint density at radius 3 is 1.85 bits per heavy atom. The zero-order valence-electron chi connectivity index (χ0n) is 24.0. The Hall–Kier alpha value is -3.37. The summed E-state index contributed by atoms with van der Waals surface area (Å²) in [5.41, 5.74) is 3.73. The third kappa shape index (κ3) is 4.69. The lowest BCUT2D eigenvalue weighted by atomic mass is 9.90. The van der Waals surface area contributed by atoms with Gasteiger partial charge in [0.25, 0.3) is 8.32 Å². The van der Waals surface area contributed by atoms with Gasteiger partial charge in [0, 0.05) is 0 Å². The molecule has 0 saturated heterocycles. The normalized spacial score (nSPS) is 12.5. The van der Waals surface area contributed by atoms with Crippen LogP contribution in [0.15, 0.2) is 72.8 Å². The smallest absolute Gasteiger partial charge is 0.339 e. The van der Waals surface area contributed by atoms with Crippen LogP contribution >= 0.6 is 0 Å². The summed E-state index contributed by atoms with van der Waals surface area (Å²) in [6.45, 7) is 13.4. The number of benzene rings is 5. The second-order valence-corrected chi connectivity index (χ2v) is 17.3. The van der Waals surface area contributed by atoms with Crippen molar-refractivity contribution in [3.63, 3.8) is 0 Å². The molecule has 0 aromatic heterocycles. The second-order valence-electron chi connectivity index (χ2n) is 12.0. The number of para-hydroxylation sites is 1. The molecule has 0 unspecified atom stereocenters. The summed E-state index contributed by atoms with van der Waals surface area (Å²) in [6.07, 6.45) is 2.62. The van der Waals surface area contributed by atoms with E-state index in [-0.39, 0.29) is 5.56 Å². The fourth-order valence-electron chi connectivity index (χ4n) is 7.08. The van der Waals surface area contributed by atoms with Crippen molar-refractivity contribution < 1.29 is 14.3 Å². The Balaban J connectivity index is 1.48. The molecule has 0 radical (unpaired) electrons. The lowest BCUT2D eigenvalue weighted by Gasteiger charge is -2.43. The molecule has 0 atom stereocenters. The molecule has 5 rings (SSSR count). The number of carboxylic acids is 1. The van der Waals surface area contributed by atoms with Gasteiger partial charge in [0.15, 0.2) is 0 Å². The minimum atomic E-state index is -2.32. The molecule has 0 heterocycles. The van der Waals surface area contributed by atoms with Gasteiger partial charge in [-0.05, 0) is 85.4 Å². The zero-order valence-corrected chi connectivity index (χ0v) is 25.0. The molecular weight excluding hydrogens is 496 g/mol. The van der Waals surface area contributed by atoms with Gasteiger partial charge in [0.2, 0.25) is 0 Å². The maximum atomic E-state index is 12.3. The highest BCUT2D eigenvalue weighted by atomic mass is 28.4. The Morgan fingerprint density at radius 1 is 0.692 bits per heavy atom. The van der Waals surface area contributed by atoms with E-state index in [4.69, 9.17) is 4.43 Å². The van der Waals surface area contributed by atoms with E-state index < -0.39 is 14.3 Å². The zero-order chi connectivity index (χ0) is 27.9. The van der Waals surface area contributed by atoms with Crippen LogP contribution in [0.5, 0.6) is 5.75 Å². The first-order valence-electron chi connectivity index (χ1n) is 14.3. The van der Waals surface area contributed by atoms with Gasteiger partial charge in [-0.25, -0.2) is 4.79 Å². The molecule has 1 N–H and O–H groups in total. The number of carbonyl (C=O) groups is 1. The summed E-state index contributed by atoms with van der Waals surface area (Å²) < 4.78 is 7.02. The molecule has 0 aliphatic rings. The summed E-state index contributed by atoms with van der Waals surface area (Å²) in [4.78, 5) is 12.3.